The molecule has 1 N–H and O–H groups in total. The standard InChI is InChI=1S/C25H24BrNO4/c1-3-30-22-12-8-7-11-21(22)27-24(28)14-13-19-15-20(26)25(23(16-19)29-2)31-17-18-9-5-4-6-10-18/h4-16H,3,17H2,1-2H3,(H,27,28)/b14-13+. The van der Waals surface area contributed by atoms with Crippen molar-refractivity contribution in [3.05, 3.63) is 88.4 Å². The van der Waals surface area contributed by atoms with E-state index in [0.717, 1.165) is 15.6 Å². The van der Waals surface area contributed by atoms with Gasteiger partial charge in [0, 0.05) is 6.08 Å². The predicted octanol–water partition coefficient (Wildman–Crippen LogP) is 6.09. The summed E-state index contributed by atoms with van der Waals surface area (Å²) in [4.78, 5) is 12.4. The van der Waals surface area contributed by atoms with Gasteiger partial charge in [-0.15, -0.1) is 0 Å². The van der Waals surface area contributed by atoms with Crippen LogP contribution in [0.3, 0.4) is 0 Å². The molecule has 5 nitrogen and oxygen atoms in total. The third-order valence-electron chi connectivity index (χ3n) is 4.35. The summed E-state index contributed by atoms with van der Waals surface area (Å²) in [6.45, 7) is 2.85. The number of nitrogens with one attached hydrogen (secondary N) is 1. The molecular formula is C25H24BrNO4. The summed E-state index contributed by atoms with van der Waals surface area (Å²) in [6, 6.07) is 20.9. The quantitative estimate of drug-likeness (QED) is 0.375. The summed E-state index contributed by atoms with van der Waals surface area (Å²) in [5, 5.41) is 2.84. The average Bonchev–Trinajstić information content (AvgIpc) is 2.79. The molecule has 31 heavy (non-hydrogen) atoms. The summed E-state index contributed by atoms with van der Waals surface area (Å²) in [5.74, 6) is 1.56. The van der Waals surface area contributed by atoms with Gasteiger partial charge in [0.15, 0.2) is 11.5 Å². The van der Waals surface area contributed by atoms with E-state index in [-0.39, 0.29) is 5.91 Å². The number of methoxy groups -OCH3 is 1. The van der Waals surface area contributed by atoms with Gasteiger partial charge < -0.3 is 19.5 Å². The lowest BCUT2D eigenvalue weighted by atomic mass is 10.2. The first-order valence-corrected chi connectivity index (χ1v) is 10.6. The number of anilines is 1. The van der Waals surface area contributed by atoms with Crippen LogP contribution in [0.25, 0.3) is 6.08 Å². The number of carbonyl (C=O) groups is 1. The van der Waals surface area contributed by atoms with Gasteiger partial charge >= 0.3 is 0 Å². The molecule has 0 radical (unpaired) electrons. The Morgan fingerprint density at radius 3 is 2.48 bits per heavy atom. The van der Waals surface area contributed by atoms with E-state index in [1.54, 1.807) is 19.3 Å². The van der Waals surface area contributed by atoms with E-state index in [9.17, 15) is 4.79 Å². The first-order valence-electron chi connectivity index (χ1n) is 9.86. The van der Waals surface area contributed by atoms with Crippen LogP contribution in [0, 0.1) is 0 Å². The molecule has 0 unspecified atom stereocenters. The summed E-state index contributed by atoms with van der Waals surface area (Å²) >= 11 is 3.54. The number of halogens is 1. The Hall–Kier alpha value is -3.25. The van der Waals surface area contributed by atoms with Crippen molar-refractivity contribution < 1.29 is 19.0 Å². The van der Waals surface area contributed by atoms with Crippen LogP contribution < -0.4 is 19.5 Å². The molecule has 0 aliphatic carbocycles. The van der Waals surface area contributed by atoms with E-state index < -0.39 is 0 Å². The fourth-order valence-electron chi connectivity index (χ4n) is 2.90. The Balaban J connectivity index is 1.70. The molecule has 0 saturated heterocycles. The van der Waals surface area contributed by atoms with Gasteiger partial charge in [0.2, 0.25) is 5.91 Å². The molecule has 0 fully saturated rings. The van der Waals surface area contributed by atoms with Crippen molar-refractivity contribution in [3.8, 4) is 17.2 Å². The van der Waals surface area contributed by atoms with E-state index in [2.05, 4.69) is 21.2 Å². The minimum absolute atomic E-state index is 0.258. The normalized spacial score (nSPS) is 10.7. The molecule has 3 aromatic carbocycles. The van der Waals surface area contributed by atoms with E-state index >= 15 is 0 Å². The third-order valence-corrected chi connectivity index (χ3v) is 4.94. The Morgan fingerprint density at radius 2 is 1.74 bits per heavy atom. The molecule has 0 saturated carbocycles. The maximum Gasteiger partial charge on any atom is 0.248 e. The first kappa shape index (κ1) is 22.4. The van der Waals surface area contributed by atoms with Gasteiger partial charge in [0.25, 0.3) is 0 Å². The zero-order valence-corrected chi connectivity index (χ0v) is 19.0. The van der Waals surface area contributed by atoms with Crippen molar-refractivity contribution in [1.29, 1.82) is 0 Å². The number of amides is 1. The van der Waals surface area contributed by atoms with Gasteiger partial charge in [-0.2, -0.15) is 0 Å². The lowest BCUT2D eigenvalue weighted by Crippen LogP contribution is -2.09. The highest BCUT2D eigenvalue weighted by Gasteiger charge is 2.12. The molecule has 3 rings (SSSR count). The number of hydrogen-bond acceptors (Lipinski definition) is 4. The molecule has 0 aliphatic rings. The monoisotopic (exact) mass is 481 g/mol. The lowest BCUT2D eigenvalue weighted by Gasteiger charge is -2.13. The van der Waals surface area contributed by atoms with Crippen LogP contribution in [0.5, 0.6) is 17.2 Å². The van der Waals surface area contributed by atoms with Crippen LogP contribution in [0.4, 0.5) is 5.69 Å². The Bertz CT molecular complexity index is 1050. The summed E-state index contributed by atoms with van der Waals surface area (Å²) in [5.41, 5.74) is 2.48. The molecular weight excluding hydrogens is 458 g/mol. The highest BCUT2D eigenvalue weighted by molar-refractivity contribution is 9.10. The lowest BCUT2D eigenvalue weighted by molar-refractivity contribution is -0.111. The number of rotatable bonds is 9. The predicted molar refractivity (Wildman–Crippen MR) is 127 cm³/mol. The second-order valence-corrected chi connectivity index (χ2v) is 7.41. The fourth-order valence-corrected chi connectivity index (χ4v) is 3.48. The second kappa shape index (κ2) is 11.2. The van der Waals surface area contributed by atoms with Crippen molar-refractivity contribution in [2.45, 2.75) is 13.5 Å². The molecule has 0 aromatic heterocycles. The van der Waals surface area contributed by atoms with E-state index in [1.807, 2.05) is 67.6 Å². The van der Waals surface area contributed by atoms with Gasteiger partial charge in [-0.25, -0.2) is 0 Å². The SMILES string of the molecule is CCOc1ccccc1NC(=O)/C=C/c1cc(Br)c(OCc2ccccc2)c(OC)c1. The molecule has 0 atom stereocenters. The average molecular weight is 482 g/mol. The van der Waals surface area contributed by atoms with Gasteiger partial charge in [-0.05, 0) is 64.3 Å². The van der Waals surface area contributed by atoms with Gasteiger partial charge in [-0.3, -0.25) is 4.79 Å². The van der Waals surface area contributed by atoms with Crippen molar-refractivity contribution >= 4 is 33.6 Å². The van der Waals surface area contributed by atoms with Crippen LogP contribution in [0.1, 0.15) is 18.1 Å². The molecule has 3 aromatic rings. The van der Waals surface area contributed by atoms with Gasteiger partial charge in [-0.1, -0.05) is 42.5 Å². The zero-order valence-electron chi connectivity index (χ0n) is 17.4. The van der Waals surface area contributed by atoms with E-state index in [0.29, 0.717) is 36.1 Å². The largest absolute Gasteiger partial charge is 0.493 e. The zero-order chi connectivity index (χ0) is 22.1. The number of benzene rings is 3. The highest BCUT2D eigenvalue weighted by atomic mass is 79.9. The molecule has 1 amide bonds. The minimum Gasteiger partial charge on any atom is -0.493 e. The second-order valence-electron chi connectivity index (χ2n) is 6.56. The van der Waals surface area contributed by atoms with Gasteiger partial charge in [0.1, 0.15) is 12.4 Å². The highest BCUT2D eigenvalue weighted by Crippen LogP contribution is 2.37. The van der Waals surface area contributed by atoms with Crippen molar-refractivity contribution in [3.63, 3.8) is 0 Å². The van der Waals surface area contributed by atoms with Crippen molar-refractivity contribution in [2.24, 2.45) is 0 Å². The maximum absolute atomic E-state index is 12.4. The summed E-state index contributed by atoms with van der Waals surface area (Å²) < 4.78 is 17.7. The number of ether oxygens (including phenoxy) is 3. The Labute approximate surface area is 190 Å². The Kier molecular flexibility index (Phi) is 8.12. The number of hydrogen-bond donors (Lipinski definition) is 1. The summed E-state index contributed by atoms with van der Waals surface area (Å²) in [7, 11) is 1.59. The molecule has 0 bridgehead atoms. The van der Waals surface area contributed by atoms with Crippen LogP contribution >= 0.6 is 15.9 Å². The fraction of sp³-hybridized carbons (Fsp3) is 0.160. The number of carbonyl (C=O) groups excluding carboxylic acids is 1. The minimum atomic E-state index is -0.258. The van der Waals surface area contributed by atoms with Crippen molar-refractivity contribution in [1.82, 2.24) is 0 Å². The summed E-state index contributed by atoms with van der Waals surface area (Å²) in [6.07, 6.45) is 3.18. The van der Waals surface area contributed by atoms with Crippen LogP contribution in [0.2, 0.25) is 0 Å². The van der Waals surface area contributed by atoms with Gasteiger partial charge in [0.05, 0.1) is 23.9 Å². The molecule has 160 valence electrons. The molecule has 0 spiro atoms. The Morgan fingerprint density at radius 1 is 1.00 bits per heavy atom. The third kappa shape index (κ3) is 6.36. The molecule has 0 heterocycles. The smallest absolute Gasteiger partial charge is 0.248 e. The first-order chi connectivity index (χ1) is 15.1. The molecule has 6 heteroatoms. The van der Waals surface area contributed by atoms with Crippen LogP contribution in [-0.2, 0) is 11.4 Å². The van der Waals surface area contributed by atoms with Crippen LogP contribution in [-0.4, -0.2) is 19.6 Å². The van der Waals surface area contributed by atoms with E-state index in [4.69, 9.17) is 14.2 Å². The van der Waals surface area contributed by atoms with E-state index in [1.165, 1.54) is 6.08 Å². The van der Waals surface area contributed by atoms with Crippen LogP contribution in [0.15, 0.2) is 77.3 Å². The maximum atomic E-state index is 12.4. The number of para-hydroxylation sites is 2. The molecule has 0 aliphatic heterocycles. The van der Waals surface area contributed by atoms with Crippen molar-refractivity contribution in [2.75, 3.05) is 19.0 Å². The topological polar surface area (TPSA) is 56.8 Å².